The van der Waals surface area contributed by atoms with Crippen LogP contribution in [-0.2, 0) is 6.42 Å². The lowest BCUT2D eigenvalue weighted by molar-refractivity contribution is 0.770. The van der Waals surface area contributed by atoms with Crippen molar-refractivity contribution in [2.24, 2.45) is 0 Å². The summed E-state index contributed by atoms with van der Waals surface area (Å²) in [6.45, 7) is 2.03. The summed E-state index contributed by atoms with van der Waals surface area (Å²) in [6.07, 6.45) is 2.56. The van der Waals surface area contributed by atoms with Crippen LogP contribution in [0, 0.1) is 0 Å². The van der Waals surface area contributed by atoms with Gasteiger partial charge in [-0.3, -0.25) is 4.98 Å². The molecule has 3 rings (SSSR count). The van der Waals surface area contributed by atoms with Crippen molar-refractivity contribution in [3.8, 4) is 5.69 Å². The van der Waals surface area contributed by atoms with Crippen molar-refractivity contribution in [3.05, 3.63) is 42.2 Å². The van der Waals surface area contributed by atoms with Gasteiger partial charge in [0.15, 0.2) is 5.82 Å². The summed E-state index contributed by atoms with van der Waals surface area (Å²) in [5.41, 5.74) is 8.54. The molecule has 3 aromatic rings. The molecule has 0 aliphatic heterocycles. The fourth-order valence-electron chi connectivity index (χ4n) is 2.10. The predicted octanol–water partition coefficient (Wildman–Crippen LogP) is 1.96. The Labute approximate surface area is 104 Å². The van der Waals surface area contributed by atoms with Crippen molar-refractivity contribution in [1.82, 2.24) is 20.0 Å². The maximum Gasteiger partial charge on any atom is 0.169 e. The topological polar surface area (TPSA) is 69.6 Å². The van der Waals surface area contributed by atoms with Crippen LogP contribution in [0.5, 0.6) is 0 Å². The van der Waals surface area contributed by atoms with Crippen LogP contribution < -0.4 is 5.73 Å². The number of aromatic nitrogens is 4. The van der Waals surface area contributed by atoms with Gasteiger partial charge in [0.25, 0.3) is 0 Å². The molecule has 5 nitrogen and oxygen atoms in total. The van der Waals surface area contributed by atoms with Gasteiger partial charge in [-0.05, 0) is 18.6 Å². The molecule has 0 unspecified atom stereocenters. The number of anilines is 1. The number of para-hydroxylation sites is 1. The molecule has 0 atom stereocenters. The number of benzene rings is 1. The average molecular weight is 239 g/mol. The van der Waals surface area contributed by atoms with Crippen molar-refractivity contribution in [2.45, 2.75) is 13.3 Å². The van der Waals surface area contributed by atoms with Gasteiger partial charge in [0.2, 0.25) is 0 Å². The number of rotatable bonds is 2. The molecule has 0 saturated heterocycles. The van der Waals surface area contributed by atoms with Crippen molar-refractivity contribution in [1.29, 1.82) is 0 Å². The van der Waals surface area contributed by atoms with Gasteiger partial charge >= 0.3 is 0 Å². The Hall–Kier alpha value is -2.43. The number of nitrogen functional groups attached to an aromatic ring is 1. The average Bonchev–Trinajstić information content (AvgIpc) is 2.79. The first-order valence-corrected chi connectivity index (χ1v) is 5.85. The fraction of sp³-hybridized carbons (Fsp3) is 0.154. The van der Waals surface area contributed by atoms with Gasteiger partial charge in [0, 0.05) is 11.6 Å². The van der Waals surface area contributed by atoms with E-state index in [9.17, 15) is 0 Å². The zero-order chi connectivity index (χ0) is 12.5. The van der Waals surface area contributed by atoms with Gasteiger partial charge in [-0.2, -0.15) is 0 Å². The van der Waals surface area contributed by atoms with E-state index in [-0.39, 0.29) is 0 Å². The third-order valence-corrected chi connectivity index (χ3v) is 2.97. The van der Waals surface area contributed by atoms with Gasteiger partial charge in [-0.25, -0.2) is 4.68 Å². The Morgan fingerprint density at radius 2 is 2.06 bits per heavy atom. The van der Waals surface area contributed by atoms with Gasteiger partial charge < -0.3 is 5.73 Å². The summed E-state index contributed by atoms with van der Waals surface area (Å²) in [7, 11) is 0. The molecule has 0 bridgehead atoms. The lowest BCUT2D eigenvalue weighted by Crippen LogP contribution is -2.04. The number of hydrogen-bond acceptors (Lipinski definition) is 4. The molecule has 2 heterocycles. The van der Waals surface area contributed by atoms with Crippen LogP contribution in [0.15, 0.2) is 36.5 Å². The molecular formula is C13H13N5. The summed E-state index contributed by atoms with van der Waals surface area (Å²) >= 11 is 0. The van der Waals surface area contributed by atoms with Crippen molar-refractivity contribution >= 4 is 16.7 Å². The Bertz CT molecular complexity index is 696. The molecule has 0 radical (unpaired) electrons. The van der Waals surface area contributed by atoms with Crippen LogP contribution in [0.2, 0.25) is 0 Å². The highest BCUT2D eigenvalue weighted by Crippen LogP contribution is 2.22. The molecule has 0 aliphatic rings. The van der Waals surface area contributed by atoms with Gasteiger partial charge in [-0.1, -0.05) is 30.3 Å². The van der Waals surface area contributed by atoms with E-state index in [0.717, 1.165) is 28.7 Å². The smallest absolute Gasteiger partial charge is 0.169 e. The summed E-state index contributed by atoms with van der Waals surface area (Å²) in [4.78, 5) is 4.41. The largest absolute Gasteiger partial charge is 0.381 e. The molecule has 2 N–H and O–H groups in total. The van der Waals surface area contributed by atoms with Gasteiger partial charge in [0.05, 0.1) is 16.9 Å². The molecule has 0 fully saturated rings. The molecular weight excluding hydrogens is 226 g/mol. The molecule has 0 amide bonds. The first-order valence-electron chi connectivity index (χ1n) is 5.85. The number of hydrogen-bond donors (Lipinski definition) is 1. The van der Waals surface area contributed by atoms with E-state index in [0.29, 0.717) is 5.82 Å². The van der Waals surface area contributed by atoms with Crippen LogP contribution in [0.3, 0.4) is 0 Å². The molecule has 90 valence electrons. The molecule has 2 aromatic heterocycles. The molecule has 0 aliphatic carbocycles. The zero-order valence-electron chi connectivity index (χ0n) is 10.0. The van der Waals surface area contributed by atoms with E-state index in [1.165, 1.54) is 0 Å². The first kappa shape index (κ1) is 10.7. The van der Waals surface area contributed by atoms with E-state index >= 15 is 0 Å². The summed E-state index contributed by atoms with van der Waals surface area (Å²) in [6, 6.07) is 9.93. The second-order valence-electron chi connectivity index (χ2n) is 4.04. The maximum absolute atomic E-state index is 5.82. The van der Waals surface area contributed by atoms with Crippen molar-refractivity contribution in [2.75, 3.05) is 5.73 Å². The molecule has 18 heavy (non-hydrogen) atoms. The minimum Gasteiger partial charge on any atom is -0.381 e. The SMILES string of the molecule is CCc1c(N)nnn1-c1cccc2cccnc12. The highest BCUT2D eigenvalue weighted by Gasteiger charge is 2.12. The van der Waals surface area contributed by atoms with E-state index < -0.39 is 0 Å². The summed E-state index contributed by atoms with van der Waals surface area (Å²) in [5.74, 6) is 0.477. The lowest BCUT2D eigenvalue weighted by Gasteiger charge is -2.07. The molecule has 0 spiro atoms. The minimum atomic E-state index is 0.477. The van der Waals surface area contributed by atoms with Crippen LogP contribution in [-0.4, -0.2) is 20.0 Å². The second kappa shape index (κ2) is 4.10. The van der Waals surface area contributed by atoms with E-state index in [4.69, 9.17) is 5.73 Å². The molecule has 1 aromatic carbocycles. The van der Waals surface area contributed by atoms with Gasteiger partial charge in [-0.15, -0.1) is 5.10 Å². The summed E-state index contributed by atoms with van der Waals surface area (Å²) < 4.78 is 1.77. The summed E-state index contributed by atoms with van der Waals surface area (Å²) in [5, 5.41) is 9.12. The zero-order valence-corrected chi connectivity index (χ0v) is 10.0. The minimum absolute atomic E-state index is 0.477. The number of nitrogens with zero attached hydrogens (tertiary/aromatic N) is 4. The third-order valence-electron chi connectivity index (χ3n) is 2.97. The Balaban J connectivity index is 2.31. The number of pyridine rings is 1. The highest BCUT2D eigenvalue weighted by atomic mass is 15.4. The Morgan fingerprint density at radius 3 is 2.89 bits per heavy atom. The highest BCUT2D eigenvalue weighted by molar-refractivity contribution is 5.86. The van der Waals surface area contributed by atoms with Crippen LogP contribution in [0.4, 0.5) is 5.82 Å². The van der Waals surface area contributed by atoms with Crippen LogP contribution in [0.1, 0.15) is 12.6 Å². The lowest BCUT2D eigenvalue weighted by atomic mass is 10.2. The fourth-order valence-corrected chi connectivity index (χ4v) is 2.10. The monoisotopic (exact) mass is 239 g/mol. The maximum atomic E-state index is 5.82. The quantitative estimate of drug-likeness (QED) is 0.742. The number of nitrogens with two attached hydrogens (primary N) is 1. The van der Waals surface area contributed by atoms with Crippen molar-refractivity contribution in [3.63, 3.8) is 0 Å². The predicted molar refractivity (Wildman–Crippen MR) is 70.5 cm³/mol. The molecule has 5 heteroatoms. The Kier molecular flexibility index (Phi) is 2.44. The first-order chi connectivity index (χ1) is 8.81. The Morgan fingerprint density at radius 1 is 1.22 bits per heavy atom. The van der Waals surface area contributed by atoms with Crippen LogP contribution >= 0.6 is 0 Å². The van der Waals surface area contributed by atoms with E-state index in [2.05, 4.69) is 15.3 Å². The standard InChI is InChI=1S/C13H13N5/c1-2-10-13(14)16-17-18(10)11-7-3-5-9-6-4-8-15-12(9)11/h3-8H,2,14H2,1H3. The molecule has 0 saturated carbocycles. The normalized spacial score (nSPS) is 10.9. The third kappa shape index (κ3) is 1.52. The van der Waals surface area contributed by atoms with Crippen LogP contribution in [0.25, 0.3) is 16.6 Å². The van der Waals surface area contributed by atoms with Gasteiger partial charge in [0.1, 0.15) is 0 Å². The van der Waals surface area contributed by atoms with E-state index in [1.54, 1.807) is 10.9 Å². The van der Waals surface area contributed by atoms with E-state index in [1.807, 2.05) is 37.3 Å². The van der Waals surface area contributed by atoms with Crippen molar-refractivity contribution < 1.29 is 0 Å². The number of fused-ring (bicyclic) bond motifs is 1. The second-order valence-corrected chi connectivity index (χ2v) is 4.04.